The standard InChI is InChI=1S/C10H13N3O/c1-3-4-9-11-12-10-7-8(14-2)5-6-13(9)10/h5-7H,3-4H2,1-2H3. The van der Waals surface area contributed by atoms with Crippen molar-refractivity contribution in [3.05, 3.63) is 24.2 Å². The fourth-order valence-electron chi connectivity index (χ4n) is 1.44. The van der Waals surface area contributed by atoms with E-state index in [0.29, 0.717) is 0 Å². The lowest BCUT2D eigenvalue weighted by molar-refractivity contribution is 0.414. The smallest absolute Gasteiger partial charge is 0.164 e. The predicted molar refractivity (Wildman–Crippen MR) is 53.5 cm³/mol. The van der Waals surface area contributed by atoms with Gasteiger partial charge in [0.1, 0.15) is 11.6 Å². The number of ether oxygens (including phenoxy) is 1. The number of methoxy groups -OCH3 is 1. The first-order chi connectivity index (χ1) is 6.85. The van der Waals surface area contributed by atoms with E-state index >= 15 is 0 Å². The van der Waals surface area contributed by atoms with Gasteiger partial charge in [-0.05, 0) is 12.5 Å². The number of fused-ring (bicyclic) bond motifs is 1. The predicted octanol–water partition coefficient (Wildman–Crippen LogP) is 1.69. The van der Waals surface area contributed by atoms with E-state index in [1.165, 1.54) is 0 Å². The van der Waals surface area contributed by atoms with Crippen molar-refractivity contribution < 1.29 is 4.74 Å². The van der Waals surface area contributed by atoms with Crippen LogP contribution in [0.2, 0.25) is 0 Å². The van der Waals surface area contributed by atoms with Crippen LogP contribution in [0.15, 0.2) is 18.3 Å². The fourth-order valence-corrected chi connectivity index (χ4v) is 1.44. The highest BCUT2D eigenvalue weighted by molar-refractivity contribution is 5.43. The highest BCUT2D eigenvalue weighted by atomic mass is 16.5. The number of rotatable bonds is 3. The number of hydrogen-bond donors (Lipinski definition) is 0. The monoisotopic (exact) mass is 191 g/mol. The van der Waals surface area contributed by atoms with Crippen molar-refractivity contribution in [2.45, 2.75) is 19.8 Å². The Morgan fingerprint density at radius 3 is 3.00 bits per heavy atom. The Labute approximate surface area is 82.5 Å². The molecule has 2 aromatic heterocycles. The molecule has 0 fully saturated rings. The summed E-state index contributed by atoms with van der Waals surface area (Å²) in [4.78, 5) is 0. The molecule has 14 heavy (non-hydrogen) atoms. The van der Waals surface area contributed by atoms with Crippen molar-refractivity contribution in [2.75, 3.05) is 7.11 Å². The SMILES string of the molecule is CCCc1nnc2cc(OC)ccn12. The van der Waals surface area contributed by atoms with E-state index < -0.39 is 0 Å². The number of nitrogens with zero attached hydrogens (tertiary/aromatic N) is 3. The summed E-state index contributed by atoms with van der Waals surface area (Å²) in [6.45, 7) is 2.13. The van der Waals surface area contributed by atoms with Gasteiger partial charge in [0.2, 0.25) is 0 Å². The van der Waals surface area contributed by atoms with Crippen molar-refractivity contribution in [3.8, 4) is 5.75 Å². The molecule has 0 amide bonds. The summed E-state index contributed by atoms with van der Waals surface area (Å²) in [5.74, 6) is 1.82. The molecule has 74 valence electrons. The third kappa shape index (κ3) is 1.43. The minimum atomic E-state index is 0.813. The summed E-state index contributed by atoms with van der Waals surface area (Å²) in [6.07, 6.45) is 3.97. The summed E-state index contributed by atoms with van der Waals surface area (Å²) in [5.41, 5.74) is 0.841. The van der Waals surface area contributed by atoms with E-state index in [0.717, 1.165) is 30.1 Å². The molecule has 0 N–H and O–H groups in total. The van der Waals surface area contributed by atoms with Gasteiger partial charge in [0.05, 0.1) is 7.11 Å². The number of aryl methyl sites for hydroxylation is 1. The highest BCUT2D eigenvalue weighted by Crippen LogP contribution is 2.13. The molecule has 0 atom stereocenters. The second kappa shape index (κ2) is 3.65. The Hall–Kier alpha value is -1.58. The summed E-state index contributed by atoms with van der Waals surface area (Å²) >= 11 is 0. The Balaban J connectivity index is 2.48. The van der Waals surface area contributed by atoms with Gasteiger partial charge in [-0.15, -0.1) is 10.2 Å². The molecule has 0 aliphatic rings. The lowest BCUT2D eigenvalue weighted by atomic mass is 10.3. The number of pyridine rings is 1. The van der Waals surface area contributed by atoms with E-state index in [4.69, 9.17) is 4.74 Å². The summed E-state index contributed by atoms with van der Waals surface area (Å²) in [7, 11) is 1.65. The molecule has 2 heterocycles. The number of aromatic nitrogens is 3. The van der Waals surface area contributed by atoms with Crippen LogP contribution in [0.5, 0.6) is 5.75 Å². The van der Waals surface area contributed by atoms with Gasteiger partial charge >= 0.3 is 0 Å². The molecule has 0 aliphatic heterocycles. The van der Waals surface area contributed by atoms with Crippen LogP contribution in [0.4, 0.5) is 0 Å². The van der Waals surface area contributed by atoms with Crippen LogP contribution < -0.4 is 4.74 Å². The maximum Gasteiger partial charge on any atom is 0.164 e. The highest BCUT2D eigenvalue weighted by Gasteiger charge is 2.04. The zero-order chi connectivity index (χ0) is 9.97. The average Bonchev–Trinajstić information content (AvgIpc) is 2.61. The molecule has 4 nitrogen and oxygen atoms in total. The summed E-state index contributed by atoms with van der Waals surface area (Å²) < 4.78 is 7.10. The Kier molecular flexibility index (Phi) is 2.35. The molecule has 0 unspecified atom stereocenters. The van der Waals surface area contributed by atoms with Crippen molar-refractivity contribution in [1.29, 1.82) is 0 Å². The first kappa shape index (κ1) is 8.99. The molecule has 0 bridgehead atoms. The summed E-state index contributed by atoms with van der Waals surface area (Å²) in [6, 6.07) is 3.79. The van der Waals surface area contributed by atoms with Gasteiger partial charge in [-0.3, -0.25) is 4.40 Å². The van der Waals surface area contributed by atoms with Gasteiger partial charge in [0.25, 0.3) is 0 Å². The van der Waals surface area contributed by atoms with Gasteiger partial charge in [-0.25, -0.2) is 0 Å². The van der Waals surface area contributed by atoms with E-state index in [-0.39, 0.29) is 0 Å². The third-order valence-electron chi connectivity index (χ3n) is 2.16. The van der Waals surface area contributed by atoms with Crippen molar-refractivity contribution in [3.63, 3.8) is 0 Å². The van der Waals surface area contributed by atoms with Crippen LogP contribution in [-0.2, 0) is 6.42 Å². The van der Waals surface area contributed by atoms with E-state index in [2.05, 4.69) is 17.1 Å². The topological polar surface area (TPSA) is 39.4 Å². The lowest BCUT2D eigenvalue weighted by Crippen LogP contribution is -1.94. The van der Waals surface area contributed by atoms with Gasteiger partial charge < -0.3 is 4.74 Å². The Bertz CT molecular complexity index is 436. The molecule has 2 rings (SSSR count). The quantitative estimate of drug-likeness (QED) is 0.741. The first-order valence-corrected chi connectivity index (χ1v) is 4.73. The molecular weight excluding hydrogens is 178 g/mol. The molecule has 0 spiro atoms. The van der Waals surface area contributed by atoms with Crippen LogP contribution in [0.25, 0.3) is 5.65 Å². The van der Waals surface area contributed by atoms with Gasteiger partial charge in [-0.2, -0.15) is 0 Å². The zero-order valence-electron chi connectivity index (χ0n) is 8.40. The Morgan fingerprint density at radius 2 is 2.29 bits per heavy atom. The van der Waals surface area contributed by atoms with Crippen LogP contribution in [0.3, 0.4) is 0 Å². The Morgan fingerprint density at radius 1 is 1.43 bits per heavy atom. The van der Waals surface area contributed by atoms with E-state index in [1.54, 1.807) is 7.11 Å². The fraction of sp³-hybridized carbons (Fsp3) is 0.400. The average molecular weight is 191 g/mol. The number of hydrogen-bond acceptors (Lipinski definition) is 3. The van der Waals surface area contributed by atoms with Crippen LogP contribution in [-0.4, -0.2) is 21.7 Å². The van der Waals surface area contributed by atoms with E-state index in [1.807, 2.05) is 22.7 Å². The normalized spacial score (nSPS) is 10.7. The summed E-state index contributed by atoms with van der Waals surface area (Å²) in [5, 5.41) is 8.20. The molecular formula is C10H13N3O. The second-order valence-electron chi connectivity index (χ2n) is 3.16. The van der Waals surface area contributed by atoms with E-state index in [9.17, 15) is 0 Å². The largest absolute Gasteiger partial charge is 0.497 e. The molecule has 0 saturated carbocycles. The van der Waals surface area contributed by atoms with Gasteiger partial charge in [-0.1, -0.05) is 6.92 Å². The zero-order valence-corrected chi connectivity index (χ0v) is 8.40. The van der Waals surface area contributed by atoms with Gasteiger partial charge in [0, 0.05) is 18.7 Å². The maximum atomic E-state index is 5.11. The second-order valence-corrected chi connectivity index (χ2v) is 3.16. The first-order valence-electron chi connectivity index (χ1n) is 4.73. The van der Waals surface area contributed by atoms with Crippen LogP contribution in [0, 0.1) is 0 Å². The third-order valence-corrected chi connectivity index (χ3v) is 2.16. The molecule has 0 aliphatic carbocycles. The lowest BCUT2D eigenvalue weighted by Gasteiger charge is -2.00. The van der Waals surface area contributed by atoms with Gasteiger partial charge in [0.15, 0.2) is 5.65 Å². The molecule has 0 saturated heterocycles. The molecule has 2 aromatic rings. The molecule has 0 aromatic carbocycles. The van der Waals surface area contributed by atoms with Crippen LogP contribution in [0.1, 0.15) is 19.2 Å². The van der Waals surface area contributed by atoms with Crippen LogP contribution >= 0.6 is 0 Å². The molecule has 0 radical (unpaired) electrons. The minimum absolute atomic E-state index is 0.813. The maximum absolute atomic E-state index is 5.11. The minimum Gasteiger partial charge on any atom is -0.497 e. The molecule has 4 heteroatoms. The van der Waals surface area contributed by atoms with Crippen molar-refractivity contribution in [1.82, 2.24) is 14.6 Å². The van der Waals surface area contributed by atoms with Crippen molar-refractivity contribution >= 4 is 5.65 Å². The van der Waals surface area contributed by atoms with Crippen molar-refractivity contribution in [2.24, 2.45) is 0 Å².